The number of alkyl carbamates (subject to hydrolysis) is 1. The Labute approximate surface area is 181 Å². The lowest BCUT2D eigenvalue weighted by atomic mass is 10.2. The van der Waals surface area contributed by atoms with Gasteiger partial charge in [-0.1, -0.05) is 25.4 Å². The summed E-state index contributed by atoms with van der Waals surface area (Å²) >= 11 is 9.45. The molecule has 0 saturated carbocycles. The van der Waals surface area contributed by atoms with Gasteiger partial charge in [0.15, 0.2) is 5.58 Å². The number of halogens is 2. The summed E-state index contributed by atoms with van der Waals surface area (Å²) in [5.74, 6) is 6.76. The molecule has 0 aliphatic rings. The van der Waals surface area contributed by atoms with Crippen molar-refractivity contribution in [2.45, 2.75) is 66.9 Å². The van der Waals surface area contributed by atoms with E-state index in [0.717, 1.165) is 39.7 Å². The van der Waals surface area contributed by atoms with Crippen molar-refractivity contribution in [3.05, 3.63) is 27.0 Å². The van der Waals surface area contributed by atoms with Crippen LogP contribution in [0.3, 0.4) is 0 Å². The van der Waals surface area contributed by atoms with Gasteiger partial charge in [-0.15, -0.1) is 11.8 Å². The number of amides is 1. The number of nitrogens with zero attached hydrogens (tertiary/aromatic N) is 1. The fraction of sp³-hybridized carbons (Fsp3) is 0.524. The Morgan fingerprint density at radius 1 is 1.39 bits per heavy atom. The molecule has 0 saturated heterocycles. The number of hydrogen-bond donors (Lipinski definition) is 1. The lowest BCUT2D eigenvalue weighted by molar-refractivity contribution is 0.0541. The monoisotopic (exact) mass is 472 g/mol. The van der Waals surface area contributed by atoms with Crippen LogP contribution in [0.15, 0.2) is 15.0 Å². The van der Waals surface area contributed by atoms with Crippen LogP contribution in [0.5, 0.6) is 0 Å². The van der Waals surface area contributed by atoms with Crippen LogP contribution in [-0.2, 0) is 11.2 Å². The molecule has 0 aromatic carbocycles. The zero-order chi connectivity index (χ0) is 21.9. The first-order valence-corrected chi connectivity index (χ1v) is 10.3. The molecule has 0 unspecified atom stereocenters. The summed E-state index contributed by atoms with van der Waals surface area (Å²) in [5.41, 5.74) is 2.18. The maximum atomic E-state index is 10.5. The molecule has 7 heteroatoms. The van der Waals surface area contributed by atoms with Gasteiger partial charge in [-0.25, -0.2) is 9.78 Å². The molecule has 1 amide bonds. The van der Waals surface area contributed by atoms with Crippen LogP contribution in [0.1, 0.15) is 59.3 Å². The van der Waals surface area contributed by atoms with Crippen LogP contribution in [0, 0.1) is 18.8 Å². The molecule has 2 aromatic rings. The summed E-state index contributed by atoms with van der Waals surface area (Å²) in [6.45, 7) is 13.3. The third-order valence-electron chi connectivity index (χ3n) is 3.06. The Balaban J connectivity index is 0.000000566. The van der Waals surface area contributed by atoms with E-state index in [1.165, 1.54) is 7.05 Å². The SMILES string of the molecule is CC.CC#CCCc1oc2c(C)cc(Cl)nc2c1Br.CNC(=O)OC(C)(C)C. The van der Waals surface area contributed by atoms with E-state index in [0.29, 0.717) is 5.15 Å². The fourth-order valence-electron chi connectivity index (χ4n) is 1.99. The summed E-state index contributed by atoms with van der Waals surface area (Å²) < 4.78 is 11.5. The number of ether oxygens (including phenoxy) is 1. The molecule has 0 atom stereocenters. The zero-order valence-corrected chi connectivity index (χ0v) is 20.3. The lowest BCUT2D eigenvalue weighted by Crippen LogP contribution is -2.30. The van der Waals surface area contributed by atoms with Crippen LogP contribution >= 0.6 is 27.5 Å². The number of rotatable bonds is 2. The van der Waals surface area contributed by atoms with E-state index in [4.69, 9.17) is 20.8 Å². The Morgan fingerprint density at radius 3 is 2.46 bits per heavy atom. The normalized spacial score (nSPS) is 9.93. The minimum absolute atomic E-state index is 0.387. The highest BCUT2D eigenvalue weighted by molar-refractivity contribution is 9.10. The maximum Gasteiger partial charge on any atom is 0.407 e. The maximum absolute atomic E-state index is 10.5. The molecule has 2 aromatic heterocycles. The minimum Gasteiger partial charge on any atom is -0.458 e. The van der Waals surface area contributed by atoms with Crippen molar-refractivity contribution in [1.82, 2.24) is 10.3 Å². The van der Waals surface area contributed by atoms with E-state index in [-0.39, 0.29) is 11.7 Å². The molecule has 0 fully saturated rings. The van der Waals surface area contributed by atoms with Gasteiger partial charge in [0.2, 0.25) is 0 Å². The quantitative estimate of drug-likeness (QED) is 0.390. The molecular formula is C21H30BrClN2O3. The van der Waals surface area contributed by atoms with Crippen LogP contribution in [0.2, 0.25) is 5.15 Å². The van der Waals surface area contributed by atoms with Gasteiger partial charge in [0.05, 0.1) is 4.47 Å². The van der Waals surface area contributed by atoms with Gasteiger partial charge in [0.25, 0.3) is 0 Å². The van der Waals surface area contributed by atoms with E-state index < -0.39 is 0 Å². The highest BCUT2D eigenvalue weighted by Crippen LogP contribution is 2.33. The van der Waals surface area contributed by atoms with Crippen molar-refractivity contribution >= 4 is 44.7 Å². The minimum atomic E-state index is -0.389. The van der Waals surface area contributed by atoms with E-state index in [1.807, 2.05) is 48.5 Å². The molecule has 1 N–H and O–H groups in total. The van der Waals surface area contributed by atoms with Crippen molar-refractivity contribution in [2.24, 2.45) is 0 Å². The van der Waals surface area contributed by atoms with Crippen LogP contribution in [0.25, 0.3) is 11.1 Å². The van der Waals surface area contributed by atoms with Gasteiger partial charge < -0.3 is 14.5 Å². The molecule has 2 rings (SSSR count). The van der Waals surface area contributed by atoms with Crippen LogP contribution in [-0.4, -0.2) is 23.7 Å². The van der Waals surface area contributed by atoms with Gasteiger partial charge in [0.1, 0.15) is 22.0 Å². The Kier molecular flexibility index (Phi) is 11.9. The van der Waals surface area contributed by atoms with Crippen LogP contribution < -0.4 is 5.32 Å². The Morgan fingerprint density at radius 2 is 2.00 bits per heavy atom. The standard InChI is InChI=1S/C13H11BrClNO.C6H13NO2.C2H6/c1-3-4-5-6-9-11(14)12-13(17-9)8(2)7-10(15)16-12;1-6(2,3)9-5(8)7-4;1-2/h7H,5-6H2,1-2H3;1-4H3,(H,7,8);1-2H3. The van der Waals surface area contributed by atoms with Crippen molar-refractivity contribution < 1.29 is 13.9 Å². The molecule has 0 spiro atoms. The highest BCUT2D eigenvalue weighted by atomic mass is 79.9. The van der Waals surface area contributed by atoms with Crippen molar-refractivity contribution in [1.29, 1.82) is 0 Å². The lowest BCUT2D eigenvalue weighted by Gasteiger charge is -2.18. The average Bonchev–Trinajstić information content (AvgIpc) is 2.93. The van der Waals surface area contributed by atoms with Gasteiger partial charge >= 0.3 is 6.09 Å². The molecule has 0 bridgehead atoms. The smallest absolute Gasteiger partial charge is 0.407 e. The number of carbonyl (C=O) groups excluding carboxylic acids is 1. The topological polar surface area (TPSA) is 64.4 Å². The van der Waals surface area contributed by atoms with Gasteiger partial charge in [-0.3, -0.25) is 0 Å². The number of aromatic nitrogens is 1. The first-order chi connectivity index (χ1) is 13.1. The van der Waals surface area contributed by atoms with E-state index >= 15 is 0 Å². The predicted molar refractivity (Wildman–Crippen MR) is 120 cm³/mol. The summed E-state index contributed by atoms with van der Waals surface area (Å²) in [6.07, 6.45) is 1.17. The number of fused-ring (bicyclic) bond motifs is 1. The first-order valence-electron chi connectivity index (χ1n) is 9.13. The van der Waals surface area contributed by atoms with Gasteiger partial charge in [0, 0.05) is 19.9 Å². The molecule has 28 heavy (non-hydrogen) atoms. The molecule has 0 aliphatic heterocycles. The predicted octanol–water partition coefficient (Wildman–Crippen LogP) is 6.68. The van der Waals surface area contributed by atoms with Crippen molar-refractivity contribution in [2.75, 3.05) is 7.05 Å². The van der Waals surface area contributed by atoms with E-state index in [1.54, 1.807) is 6.07 Å². The summed E-state index contributed by atoms with van der Waals surface area (Å²) in [4.78, 5) is 14.8. The third kappa shape index (κ3) is 8.99. The highest BCUT2D eigenvalue weighted by Gasteiger charge is 2.15. The number of furan rings is 1. The van der Waals surface area contributed by atoms with Gasteiger partial charge in [-0.2, -0.15) is 0 Å². The van der Waals surface area contributed by atoms with Gasteiger partial charge in [-0.05, 0) is 62.2 Å². The summed E-state index contributed by atoms with van der Waals surface area (Å²) in [7, 11) is 1.54. The zero-order valence-electron chi connectivity index (χ0n) is 17.9. The second kappa shape index (κ2) is 12.7. The molecular weight excluding hydrogens is 444 g/mol. The summed E-state index contributed by atoms with van der Waals surface area (Å²) in [6, 6.07) is 1.80. The molecule has 0 radical (unpaired) electrons. The second-order valence-corrected chi connectivity index (χ2v) is 7.64. The first kappa shape index (κ1) is 26.3. The van der Waals surface area contributed by atoms with Crippen molar-refractivity contribution in [3.8, 4) is 11.8 Å². The van der Waals surface area contributed by atoms with Crippen LogP contribution in [0.4, 0.5) is 4.79 Å². The fourth-order valence-corrected chi connectivity index (χ4v) is 2.79. The van der Waals surface area contributed by atoms with Crippen molar-refractivity contribution in [3.63, 3.8) is 0 Å². The number of carbonyl (C=O) groups is 1. The van der Waals surface area contributed by atoms with E-state index in [9.17, 15) is 4.79 Å². The second-order valence-electron chi connectivity index (χ2n) is 6.46. The summed E-state index contributed by atoms with van der Waals surface area (Å²) in [5, 5.41) is 2.84. The number of hydrogen-bond acceptors (Lipinski definition) is 4. The molecule has 5 nitrogen and oxygen atoms in total. The number of pyridine rings is 1. The molecule has 156 valence electrons. The largest absolute Gasteiger partial charge is 0.458 e. The number of aryl methyl sites for hydroxylation is 2. The average molecular weight is 474 g/mol. The molecule has 0 aliphatic carbocycles. The Bertz CT molecular complexity index is 830. The van der Waals surface area contributed by atoms with E-state index in [2.05, 4.69) is 38.1 Å². The number of nitrogens with one attached hydrogen (secondary N) is 1. The third-order valence-corrected chi connectivity index (χ3v) is 4.07. The Hall–Kier alpha value is -1.71. The molecule has 2 heterocycles.